The van der Waals surface area contributed by atoms with E-state index in [-0.39, 0.29) is 5.69 Å². The van der Waals surface area contributed by atoms with E-state index in [4.69, 9.17) is 0 Å². The number of aromatic nitrogens is 2. The standard InChI is InChI=1S/C12H18N2O/c1-13-4-5-14(12(13)15)8-11-7-9-2-3-10(11)6-9/h4-5,9-11H,2-3,6-8H2,1H3. The van der Waals surface area contributed by atoms with Crippen molar-refractivity contribution in [1.82, 2.24) is 9.13 Å². The van der Waals surface area contributed by atoms with Crippen molar-refractivity contribution >= 4 is 0 Å². The number of hydrogen-bond donors (Lipinski definition) is 0. The van der Waals surface area contributed by atoms with E-state index in [1.165, 1.54) is 25.7 Å². The minimum atomic E-state index is 0.137. The van der Waals surface area contributed by atoms with Gasteiger partial charge in [-0.25, -0.2) is 4.79 Å². The van der Waals surface area contributed by atoms with Crippen LogP contribution in [0.4, 0.5) is 0 Å². The maximum atomic E-state index is 11.7. The summed E-state index contributed by atoms with van der Waals surface area (Å²) >= 11 is 0. The highest BCUT2D eigenvalue weighted by Gasteiger charge is 2.39. The van der Waals surface area contributed by atoms with Crippen molar-refractivity contribution in [3.05, 3.63) is 22.9 Å². The molecule has 0 saturated heterocycles. The lowest BCUT2D eigenvalue weighted by atomic mass is 9.89. The van der Waals surface area contributed by atoms with Crippen LogP contribution in [0.3, 0.4) is 0 Å². The van der Waals surface area contributed by atoms with Gasteiger partial charge in [-0.15, -0.1) is 0 Å². The van der Waals surface area contributed by atoms with E-state index in [1.54, 1.807) is 4.57 Å². The molecular weight excluding hydrogens is 188 g/mol. The van der Waals surface area contributed by atoms with E-state index in [0.29, 0.717) is 0 Å². The van der Waals surface area contributed by atoms with Gasteiger partial charge in [-0.1, -0.05) is 6.42 Å². The van der Waals surface area contributed by atoms with Gasteiger partial charge >= 0.3 is 5.69 Å². The van der Waals surface area contributed by atoms with Crippen LogP contribution in [0.15, 0.2) is 17.2 Å². The molecule has 3 heteroatoms. The molecular formula is C12H18N2O. The van der Waals surface area contributed by atoms with Crippen LogP contribution in [0, 0.1) is 17.8 Å². The Morgan fingerprint density at radius 2 is 2.20 bits per heavy atom. The first-order chi connectivity index (χ1) is 7.24. The zero-order valence-corrected chi connectivity index (χ0v) is 9.22. The summed E-state index contributed by atoms with van der Waals surface area (Å²) < 4.78 is 3.54. The first kappa shape index (κ1) is 9.25. The number of imidazole rings is 1. The SMILES string of the molecule is Cn1ccn(CC2CC3CCC2C3)c1=O. The van der Waals surface area contributed by atoms with Crippen LogP contribution in [-0.2, 0) is 13.6 Å². The van der Waals surface area contributed by atoms with Crippen molar-refractivity contribution in [3.63, 3.8) is 0 Å². The van der Waals surface area contributed by atoms with E-state index in [1.807, 2.05) is 24.0 Å². The Hall–Kier alpha value is -0.990. The lowest BCUT2D eigenvalue weighted by Gasteiger charge is -2.21. The van der Waals surface area contributed by atoms with Crippen LogP contribution in [0.25, 0.3) is 0 Å². The highest BCUT2D eigenvalue weighted by atomic mass is 16.1. The lowest BCUT2D eigenvalue weighted by Crippen LogP contribution is -2.27. The first-order valence-corrected chi connectivity index (χ1v) is 5.96. The molecule has 0 N–H and O–H groups in total. The van der Waals surface area contributed by atoms with Gasteiger partial charge in [0.25, 0.3) is 0 Å². The maximum Gasteiger partial charge on any atom is 0.327 e. The molecule has 0 radical (unpaired) electrons. The van der Waals surface area contributed by atoms with Crippen LogP contribution in [0.5, 0.6) is 0 Å². The second-order valence-corrected chi connectivity index (χ2v) is 5.28. The van der Waals surface area contributed by atoms with Crippen LogP contribution in [0.2, 0.25) is 0 Å². The highest BCUT2D eigenvalue weighted by molar-refractivity contribution is 4.91. The molecule has 1 aromatic heterocycles. The van der Waals surface area contributed by atoms with Crippen molar-refractivity contribution in [2.24, 2.45) is 24.8 Å². The maximum absolute atomic E-state index is 11.7. The molecule has 2 saturated carbocycles. The first-order valence-electron chi connectivity index (χ1n) is 5.96. The molecule has 82 valence electrons. The van der Waals surface area contributed by atoms with Crippen LogP contribution in [0.1, 0.15) is 25.7 Å². The van der Waals surface area contributed by atoms with E-state index in [9.17, 15) is 4.79 Å². The summed E-state index contributed by atoms with van der Waals surface area (Å²) in [5.41, 5.74) is 0.137. The summed E-state index contributed by atoms with van der Waals surface area (Å²) in [4.78, 5) is 11.7. The smallest absolute Gasteiger partial charge is 0.302 e. The number of rotatable bonds is 2. The lowest BCUT2D eigenvalue weighted by molar-refractivity contribution is 0.292. The molecule has 0 amide bonds. The monoisotopic (exact) mass is 206 g/mol. The van der Waals surface area contributed by atoms with Crippen molar-refractivity contribution in [1.29, 1.82) is 0 Å². The minimum absolute atomic E-state index is 0.137. The van der Waals surface area contributed by atoms with E-state index in [2.05, 4.69) is 0 Å². The molecule has 3 nitrogen and oxygen atoms in total. The molecule has 2 bridgehead atoms. The molecule has 3 rings (SSSR count). The van der Waals surface area contributed by atoms with Gasteiger partial charge < -0.3 is 4.57 Å². The summed E-state index contributed by atoms with van der Waals surface area (Å²) in [6.07, 6.45) is 9.39. The minimum Gasteiger partial charge on any atom is -0.302 e. The Bertz CT molecular complexity index is 418. The van der Waals surface area contributed by atoms with Gasteiger partial charge in [0.15, 0.2) is 0 Å². The topological polar surface area (TPSA) is 26.9 Å². The molecule has 3 unspecified atom stereocenters. The highest BCUT2D eigenvalue weighted by Crippen LogP contribution is 2.48. The van der Waals surface area contributed by atoms with Gasteiger partial charge in [-0.2, -0.15) is 0 Å². The van der Waals surface area contributed by atoms with Gasteiger partial charge in [-0.05, 0) is 37.0 Å². The third-order valence-corrected chi connectivity index (χ3v) is 4.33. The third-order valence-electron chi connectivity index (χ3n) is 4.33. The fourth-order valence-corrected chi connectivity index (χ4v) is 3.50. The summed E-state index contributed by atoms with van der Waals surface area (Å²) in [5, 5.41) is 0. The molecule has 0 aromatic carbocycles. The molecule has 15 heavy (non-hydrogen) atoms. The normalized spacial score (nSPS) is 33.8. The average Bonchev–Trinajstić information content (AvgIpc) is 2.89. The number of hydrogen-bond acceptors (Lipinski definition) is 1. The molecule has 1 heterocycles. The molecule has 2 aliphatic rings. The molecule has 3 atom stereocenters. The molecule has 2 aliphatic carbocycles. The Balaban J connectivity index is 1.76. The van der Waals surface area contributed by atoms with Gasteiger partial charge in [0.05, 0.1) is 0 Å². The Morgan fingerprint density at radius 3 is 2.73 bits per heavy atom. The van der Waals surface area contributed by atoms with E-state index >= 15 is 0 Å². The molecule has 0 spiro atoms. The van der Waals surface area contributed by atoms with Gasteiger partial charge in [0.2, 0.25) is 0 Å². The molecule has 2 fully saturated rings. The third kappa shape index (κ3) is 1.45. The Kier molecular flexibility index (Phi) is 2.01. The Morgan fingerprint density at radius 1 is 1.33 bits per heavy atom. The van der Waals surface area contributed by atoms with Crippen LogP contribution < -0.4 is 5.69 Å². The zero-order valence-electron chi connectivity index (χ0n) is 9.22. The second kappa shape index (κ2) is 3.26. The van der Waals surface area contributed by atoms with E-state index in [0.717, 1.165) is 24.3 Å². The molecule has 0 aliphatic heterocycles. The van der Waals surface area contributed by atoms with Gasteiger partial charge in [0, 0.05) is 26.0 Å². The fraction of sp³-hybridized carbons (Fsp3) is 0.750. The van der Waals surface area contributed by atoms with Gasteiger partial charge in [0.1, 0.15) is 0 Å². The summed E-state index contributed by atoms with van der Waals surface area (Å²) in [6.45, 7) is 0.945. The van der Waals surface area contributed by atoms with Crippen molar-refractivity contribution < 1.29 is 0 Å². The van der Waals surface area contributed by atoms with Gasteiger partial charge in [-0.3, -0.25) is 4.57 Å². The van der Waals surface area contributed by atoms with Crippen molar-refractivity contribution in [2.75, 3.05) is 0 Å². The largest absolute Gasteiger partial charge is 0.327 e. The summed E-state index contributed by atoms with van der Waals surface area (Å²) in [5.74, 6) is 2.64. The van der Waals surface area contributed by atoms with Crippen molar-refractivity contribution in [3.8, 4) is 0 Å². The van der Waals surface area contributed by atoms with Crippen LogP contribution in [-0.4, -0.2) is 9.13 Å². The Labute approximate surface area is 89.7 Å². The number of nitrogens with zero attached hydrogens (tertiary/aromatic N) is 2. The predicted octanol–water partition coefficient (Wildman–Crippen LogP) is 1.62. The average molecular weight is 206 g/mol. The fourth-order valence-electron chi connectivity index (χ4n) is 3.50. The summed E-state index contributed by atoms with van der Waals surface area (Å²) in [7, 11) is 1.82. The van der Waals surface area contributed by atoms with Crippen molar-refractivity contribution in [2.45, 2.75) is 32.2 Å². The number of aryl methyl sites for hydroxylation is 1. The number of fused-ring (bicyclic) bond motifs is 2. The second-order valence-electron chi connectivity index (χ2n) is 5.28. The quantitative estimate of drug-likeness (QED) is 0.722. The molecule has 1 aromatic rings. The van der Waals surface area contributed by atoms with Crippen LogP contribution >= 0.6 is 0 Å². The zero-order chi connectivity index (χ0) is 10.4. The van der Waals surface area contributed by atoms with E-state index < -0.39 is 0 Å². The summed E-state index contributed by atoms with van der Waals surface area (Å²) in [6, 6.07) is 0. The predicted molar refractivity (Wildman–Crippen MR) is 58.6 cm³/mol.